The molecule has 0 radical (unpaired) electrons. The second-order valence-corrected chi connectivity index (χ2v) is 26.3. The van der Waals surface area contributed by atoms with Gasteiger partial charge in [-0.15, -0.1) is 35.7 Å². The number of nitrogens with one attached hydrogen (secondary N) is 1. The van der Waals surface area contributed by atoms with E-state index in [1.165, 1.54) is 21.5 Å². The van der Waals surface area contributed by atoms with Crippen LogP contribution < -0.4 is 14.2 Å². The second-order valence-electron chi connectivity index (χ2n) is 25.4. The van der Waals surface area contributed by atoms with E-state index in [4.69, 9.17) is 24.2 Å². The summed E-state index contributed by atoms with van der Waals surface area (Å²) in [4.78, 5) is 17.1. The summed E-state index contributed by atoms with van der Waals surface area (Å²) in [6.07, 6.45) is 0. The van der Waals surface area contributed by atoms with Crippen molar-refractivity contribution in [2.75, 3.05) is 0 Å². The maximum absolute atomic E-state index is 6.33. The first-order chi connectivity index (χ1) is 50.1. The predicted octanol–water partition coefficient (Wildman–Crippen LogP) is 21.8. The molecule has 0 unspecified atom stereocenters. The van der Waals surface area contributed by atoms with Gasteiger partial charge in [-0.3, -0.25) is 9.25 Å². The number of benzene rings is 9. The molecule has 0 aliphatic carbocycles. The third-order valence-corrected chi connectivity index (χ3v) is 18.0. The molecule has 9 aromatic carbocycles. The van der Waals surface area contributed by atoms with Crippen LogP contribution in [0.1, 0.15) is 51.2 Å². The number of para-hydroxylation sites is 3. The smallest absolute Gasteiger partial charge is 0.509 e. The summed E-state index contributed by atoms with van der Waals surface area (Å²) < 4.78 is 29.7. The Kier molecular flexibility index (Phi) is 19.9. The van der Waals surface area contributed by atoms with E-state index in [9.17, 15) is 0 Å². The Balaban J connectivity index is 0.000000125. The summed E-state index contributed by atoms with van der Waals surface area (Å²) >= 11 is 3.25. The first kappa shape index (κ1) is 69.1. The van der Waals surface area contributed by atoms with Crippen molar-refractivity contribution in [2.24, 2.45) is 0 Å². The van der Waals surface area contributed by atoms with E-state index in [1.807, 2.05) is 226 Å². The van der Waals surface area contributed by atoms with Gasteiger partial charge in [-0.2, -0.15) is 27.4 Å². The average Bonchev–Trinajstić information content (AvgIpc) is 1.60. The zero-order valence-corrected chi connectivity index (χ0v) is 62.5. The molecule has 0 amide bonds. The Hall–Kier alpha value is -12.0. The van der Waals surface area contributed by atoms with Crippen molar-refractivity contribution in [1.29, 1.82) is 0 Å². The molecule has 18 rings (SSSR count). The van der Waals surface area contributed by atoms with Crippen LogP contribution in [0.3, 0.4) is 0 Å². The van der Waals surface area contributed by atoms with Crippen molar-refractivity contribution < 1.29 is 35.3 Å². The van der Waals surface area contributed by atoms with Gasteiger partial charge in [0.15, 0.2) is 0 Å². The Labute approximate surface area is 625 Å². The van der Waals surface area contributed by atoms with Crippen molar-refractivity contribution in [3.63, 3.8) is 0 Å². The van der Waals surface area contributed by atoms with Crippen LogP contribution in [0, 0.1) is 74.4 Å². The standard InChI is InChI=1S/C29H24N4O.C29H22N4O.C23H19N3O.C6H6BrN.Pt/c2*1-19-8-6-13-29(30-19)32-27-12-5-4-11-25(27)26-15-14-24(18-28(26)32)34-23-10-7-9-22(17-23)33-21(3)16-20(2)31-33;1-15-12-16(2)26(25-15)17-6-5-7-18(13-17)27-19-10-11-21-20-8-3-4-9-22(20)24-23(21)14-19;1-5-3-2-4-6(7)8-5;/h4-18H,1-3H3;4-16H,1-3H3;3-14,24H,1-2H3;2-4H,1H3;/q;-2;;;+2. The molecule has 9 heterocycles. The average molecular weight is 1610 g/mol. The van der Waals surface area contributed by atoms with Crippen LogP contribution in [0.15, 0.2) is 265 Å². The summed E-state index contributed by atoms with van der Waals surface area (Å²) in [6.45, 7) is 18.1. The van der Waals surface area contributed by atoms with Crippen LogP contribution >= 0.6 is 15.9 Å². The normalized spacial score (nSPS) is 11.1. The van der Waals surface area contributed by atoms with Gasteiger partial charge in [-0.05, 0) is 211 Å². The van der Waals surface area contributed by atoms with Crippen molar-refractivity contribution in [1.82, 2.24) is 58.4 Å². The molecule has 18 aromatic rings. The van der Waals surface area contributed by atoms with Crippen LogP contribution in [0.5, 0.6) is 34.5 Å². The fourth-order valence-electron chi connectivity index (χ4n) is 13.2. The summed E-state index contributed by atoms with van der Waals surface area (Å²) in [7, 11) is 0. The molecule has 15 nitrogen and oxygen atoms in total. The number of fused-ring (bicyclic) bond motifs is 9. The maximum Gasteiger partial charge on any atom is 2.00 e. The van der Waals surface area contributed by atoms with Gasteiger partial charge < -0.3 is 23.8 Å². The molecular weight excluding hydrogens is 1540 g/mol. The largest absolute Gasteiger partial charge is 2.00 e. The van der Waals surface area contributed by atoms with E-state index in [1.54, 1.807) is 0 Å². The number of hydrogen-bond acceptors (Lipinski definition) is 9. The number of pyridine rings is 3. The third-order valence-electron chi connectivity index (χ3n) is 17.6. The summed E-state index contributed by atoms with van der Waals surface area (Å²) in [6, 6.07) is 94.4. The van der Waals surface area contributed by atoms with Crippen LogP contribution in [-0.4, -0.2) is 58.4 Å². The monoisotopic (exact) mass is 1610 g/mol. The van der Waals surface area contributed by atoms with Crippen molar-refractivity contribution in [3.8, 4) is 63.2 Å². The van der Waals surface area contributed by atoms with Crippen molar-refractivity contribution in [3.05, 3.63) is 329 Å². The number of ether oxygens (including phenoxy) is 3. The molecule has 514 valence electrons. The van der Waals surface area contributed by atoms with Gasteiger partial charge in [-0.25, -0.2) is 24.3 Å². The summed E-state index contributed by atoms with van der Waals surface area (Å²) in [5.74, 6) is 6.11. The molecule has 0 spiro atoms. The first-order valence-corrected chi connectivity index (χ1v) is 34.7. The van der Waals surface area contributed by atoms with Gasteiger partial charge in [0.1, 0.15) is 39.2 Å². The van der Waals surface area contributed by atoms with Crippen LogP contribution in [0.2, 0.25) is 0 Å². The van der Waals surface area contributed by atoms with Crippen molar-refractivity contribution in [2.45, 2.75) is 62.3 Å². The van der Waals surface area contributed by atoms with E-state index < -0.39 is 0 Å². The minimum Gasteiger partial charge on any atom is -0.509 e. The molecule has 0 bridgehead atoms. The van der Waals surface area contributed by atoms with E-state index >= 15 is 0 Å². The number of nitrogens with zero attached hydrogens (tertiary/aromatic N) is 11. The molecule has 0 saturated carbocycles. The zero-order valence-electron chi connectivity index (χ0n) is 58.7. The van der Waals surface area contributed by atoms with Crippen LogP contribution in [0.4, 0.5) is 0 Å². The molecule has 104 heavy (non-hydrogen) atoms. The second kappa shape index (κ2) is 29.9. The minimum absolute atomic E-state index is 0. The van der Waals surface area contributed by atoms with Gasteiger partial charge in [0.25, 0.3) is 0 Å². The molecule has 9 aromatic heterocycles. The van der Waals surface area contributed by atoms with Crippen LogP contribution in [0.25, 0.3) is 94.1 Å². The molecule has 0 fully saturated rings. The molecule has 0 saturated heterocycles. The van der Waals surface area contributed by atoms with E-state index in [0.717, 1.165) is 151 Å². The van der Waals surface area contributed by atoms with Gasteiger partial charge in [-0.1, -0.05) is 90.4 Å². The maximum atomic E-state index is 6.33. The number of H-pyrrole nitrogens is 1. The number of rotatable bonds is 11. The molecule has 0 atom stereocenters. The van der Waals surface area contributed by atoms with Crippen LogP contribution in [-0.2, 0) is 21.1 Å². The van der Waals surface area contributed by atoms with Gasteiger partial charge in [0.2, 0.25) is 0 Å². The van der Waals surface area contributed by atoms with Gasteiger partial charge in [0, 0.05) is 103 Å². The quantitative estimate of drug-likeness (QED) is 0.0988. The van der Waals surface area contributed by atoms with E-state index in [2.05, 4.69) is 173 Å². The Morgan fingerprint density at radius 3 is 1.37 bits per heavy atom. The Morgan fingerprint density at radius 2 is 0.788 bits per heavy atom. The topological polar surface area (TPSA) is 145 Å². The number of aryl methyl sites for hydroxylation is 9. The molecule has 1 N–H and O–H groups in total. The van der Waals surface area contributed by atoms with E-state index in [0.29, 0.717) is 11.5 Å². The third kappa shape index (κ3) is 14.7. The number of aromatic amines is 1. The molecular formula is C87H71BrN12O3Pt. The SMILES string of the molecule is Cc1cc(C)n(-c2cccc(Oc3ccc4c(c3)[nH]c3ccccc34)c2)n1.Cc1cccc(-n2c3[c-]c(Oc4[c-]c(-n5nc(C)cc5C)ccc4)ccc3c3ccccc32)n1.Cc1cccc(-n2c3ccccc3c3ccc(Oc4cccc(-n5nc(C)cc5C)c4)cc32)n1.Cc1cccc(Br)n1.[Pt+2]. The zero-order chi connectivity index (χ0) is 70.8. The predicted molar refractivity (Wildman–Crippen MR) is 416 cm³/mol. The number of hydrogen-bond donors (Lipinski definition) is 1. The minimum atomic E-state index is 0. The molecule has 0 aliphatic heterocycles. The Morgan fingerprint density at radius 1 is 0.327 bits per heavy atom. The van der Waals surface area contributed by atoms with Crippen molar-refractivity contribution >= 4 is 81.3 Å². The molecule has 0 aliphatic rings. The fraction of sp³-hybridized carbons (Fsp3) is 0.103. The molecule has 17 heteroatoms. The van der Waals surface area contributed by atoms with Gasteiger partial charge in [0.05, 0.1) is 45.0 Å². The van der Waals surface area contributed by atoms with E-state index in [-0.39, 0.29) is 21.1 Å². The number of halogens is 1. The number of aromatic nitrogens is 12. The Bertz CT molecular complexity index is 5910. The summed E-state index contributed by atoms with van der Waals surface area (Å²) in [5.41, 5.74) is 18.4. The summed E-state index contributed by atoms with van der Waals surface area (Å²) in [5, 5.41) is 20.8. The van der Waals surface area contributed by atoms with Gasteiger partial charge >= 0.3 is 21.1 Å². The first-order valence-electron chi connectivity index (χ1n) is 33.9. The fourth-order valence-corrected chi connectivity index (χ4v) is 13.6.